The van der Waals surface area contributed by atoms with Crippen molar-refractivity contribution < 1.29 is 0 Å². The second-order valence-corrected chi connectivity index (χ2v) is 5.12. The van der Waals surface area contributed by atoms with E-state index in [0.717, 1.165) is 35.6 Å². The van der Waals surface area contributed by atoms with Crippen molar-refractivity contribution in [1.29, 1.82) is 0 Å². The Balaban J connectivity index is 1.96. The number of H-pyrrole nitrogens is 1. The summed E-state index contributed by atoms with van der Waals surface area (Å²) < 4.78 is 0. The molecule has 94 valence electrons. The fraction of sp³-hybridized carbons (Fsp3) is 0.308. The molecule has 2 aliphatic carbocycles. The average Bonchev–Trinajstić information content (AvgIpc) is 2.74. The Kier molecular flexibility index (Phi) is 2.86. The third-order valence-corrected chi connectivity index (χ3v) is 3.52. The van der Waals surface area contributed by atoms with Crippen LogP contribution in [0.3, 0.4) is 0 Å². The highest BCUT2D eigenvalue weighted by molar-refractivity contribution is 6.48. The third kappa shape index (κ3) is 2.03. The lowest BCUT2D eigenvalue weighted by atomic mass is 10.0. The van der Waals surface area contributed by atoms with E-state index in [4.69, 9.17) is 23.1 Å². The summed E-state index contributed by atoms with van der Waals surface area (Å²) in [5.41, 5.74) is 14.6. The van der Waals surface area contributed by atoms with E-state index in [1.54, 1.807) is 0 Å². The molecule has 18 heavy (non-hydrogen) atoms. The fourth-order valence-corrected chi connectivity index (χ4v) is 2.58. The van der Waals surface area contributed by atoms with Crippen LogP contribution in [0.1, 0.15) is 23.6 Å². The van der Waals surface area contributed by atoms with Gasteiger partial charge in [-0.3, -0.25) is 0 Å². The van der Waals surface area contributed by atoms with Crippen molar-refractivity contribution in [3.05, 3.63) is 41.5 Å². The molecule has 5 N–H and O–H groups in total. The van der Waals surface area contributed by atoms with Gasteiger partial charge in [0.05, 0.1) is 5.03 Å². The van der Waals surface area contributed by atoms with Crippen LogP contribution in [0.2, 0.25) is 0 Å². The lowest BCUT2D eigenvalue weighted by molar-refractivity contribution is 0.782. The molecular weight excluding hydrogens is 248 g/mol. The van der Waals surface area contributed by atoms with E-state index < -0.39 is 0 Å². The predicted molar refractivity (Wildman–Crippen MR) is 73.8 cm³/mol. The summed E-state index contributed by atoms with van der Waals surface area (Å²) in [5.74, 6) is 0.837. The number of hydrogen-bond acceptors (Lipinski definition) is 3. The van der Waals surface area contributed by atoms with Crippen molar-refractivity contribution in [3.63, 3.8) is 0 Å². The molecule has 4 nitrogen and oxygen atoms in total. The van der Waals surface area contributed by atoms with E-state index in [1.165, 1.54) is 0 Å². The summed E-state index contributed by atoms with van der Waals surface area (Å²) in [7, 11) is 0. The van der Waals surface area contributed by atoms with E-state index in [0.29, 0.717) is 5.03 Å². The molecule has 2 atom stereocenters. The van der Waals surface area contributed by atoms with Crippen LogP contribution in [0, 0.1) is 0 Å². The molecule has 0 aliphatic heterocycles. The number of nitrogens with zero attached hydrogens (tertiary/aromatic N) is 1. The molecule has 0 aromatic carbocycles. The Morgan fingerprint density at radius 2 is 2.17 bits per heavy atom. The third-order valence-electron chi connectivity index (χ3n) is 3.21. The maximum absolute atomic E-state index is 6.16. The summed E-state index contributed by atoms with van der Waals surface area (Å²) in [5, 5.41) is 0.628. The first kappa shape index (κ1) is 11.7. The minimum absolute atomic E-state index is 0.0393. The van der Waals surface area contributed by atoms with E-state index in [9.17, 15) is 0 Å². The van der Waals surface area contributed by atoms with Crippen LogP contribution in [-0.2, 0) is 6.42 Å². The van der Waals surface area contributed by atoms with Gasteiger partial charge in [0.25, 0.3) is 0 Å². The number of nitrogens with one attached hydrogen (secondary N) is 1. The van der Waals surface area contributed by atoms with Gasteiger partial charge in [0.15, 0.2) is 0 Å². The molecule has 0 saturated carbocycles. The van der Waals surface area contributed by atoms with Crippen molar-refractivity contribution in [2.45, 2.75) is 24.9 Å². The smallest absolute Gasteiger partial charge is 0.137 e. The van der Waals surface area contributed by atoms with Gasteiger partial charge < -0.3 is 16.5 Å². The van der Waals surface area contributed by atoms with Gasteiger partial charge in [-0.1, -0.05) is 29.8 Å². The van der Waals surface area contributed by atoms with Gasteiger partial charge in [-0.15, -0.1) is 0 Å². The number of aromatic nitrogens is 2. The molecule has 0 spiro atoms. The molecule has 5 heteroatoms. The van der Waals surface area contributed by atoms with Crippen LogP contribution in [-0.4, -0.2) is 22.1 Å². The number of hydrogen-bond donors (Lipinski definition) is 3. The predicted octanol–water partition coefficient (Wildman–Crippen LogP) is 1.54. The number of imidazole rings is 1. The summed E-state index contributed by atoms with van der Waals surface area (Å²) in [6.07, 6.45) is 9.49. The molecular formula is C13H15ClN4. The molecule has 2 unspecified atom stereocenters. The Bertz CT molecular complexity index is 568. The number of fused-ring (bicyclic) bond motifs is 1. The summed E-state index contributed by atoms with van der Waals surface area (Å²) in [6, 6.07) is 0.0674. The van der Waals surface area contributed by atoms with Crippen molar-refractivity contribution >= 4 is 22.2 Å². The lowest BCUT2D eigenvalue weighted by Gasteiger charge is -2.12. The number of allylic oxidation sites excluding steroid dienone is 2. The molecule has 1 aromatic heterocycles. The van der Waals surface area contributed by atoms with E-state index in [1.807, 2.05) is 18.2 Å². The van der Waals surface area contributed by atoms with Gasteiger partial charge >= 0.3 is 0 Å². The Hall–Kier alpha value is -1.36. The van der Waals surface area contributed by atoms with E-state index in [2.05, 4.69) is 16.0 Å². The van der Waals surface area contributed by atoms with Crippen LogP contribution in [0.4, 0.5) is 0 Å². The zero-order chi connectivity index (χ0) is 12.7. The van der Waals surface area contributed by atoms with Gasteiger partial charge in [0.1, 0.15) is 11.5 Å². The van der Waals surface area contributed by atoms with Crippen LogP contribution < -0.4 is 11.5 Å². The van der Waals surface area contributed by atoms with Gasteiger partial charge in [-0.2, -0.15) is 0 Å². The van der Waals surface area contributed by atoms with Crippen LogP contribution in [0.25, 0.3) is 10.6 Å². The van der Waals surface area contributed by atoms with Crippen LogP contribution in [0.15, 0.2) is 24.3 Å². The largest absolute Gasteiger partial charge is 0.341 e. The van der Waals surface area contributed by atoms with Gasteiger partial charge in [-0.25, -0.2) is 4.98 Å². The quantitative estimate of drug-likeness (QED) is 0.718. The zero-order valence-electron chi connectivity index (χ0n) is 9.86. The molecule has 0 fully saturated rings. The summed E-state index contributed by atoms with van der Waals surface area (Å²) >= 11 is 6.16. The second-order valence-electron chi connectivity index (χ2n) is 4.71. The number of rotatable bonds is 1. The highest BCUT2D eigenvalue weighted by atomic mass is 35.5. The first-order valence-electron chi connectivity index (χ1n) is 6.00. The Labute approximate surface area is 110 Å². The highest BCUT2D eigenvalue weighted by Crippen LogP contribution is 2.29. The standard InChI is InChI=1S/C13H15ClN4/c14-10-5-9(16)6-11-12(10)18-13(17-11)7-1-3-8(15)4-2-7/h1-3,5,8-9H,4,6,15-16H2,(H,17,18). The zero-order valence-corrected chi connectivity index (χ0v) is 10.6. The Morgan fingerprint density at radius 3 is 2.89 bits per heavy atom. The van der Waals surface area contributed by atoms with Gasteiger partial charge in [0, 0.05) is 29.8 Å². The first-order valence-corrected chi connectivity index (χ1v) is 6.38. The van der Waals surface area contributed by atoms with E-state index >= 15 is 0 Å². The minimum atomic E-state index is -0.0393. The van der Waals surface area contributed by atoms with Crippen LogP contribution in [0.5, 0.6) is 0 Å². The Morgan fingerprint density at radius 1 is 1.33 bits per heavy atom. The summed E-state index contributed by atoms with van der Waals surface area (Å²) in [4.78, 5) is 7.85. The SMILES string of the molecule is NC1C=CC(c2nc3c([nH]2)CC(N)C=C3Cl)=CC1. The summed E-state index contributed by atoms with van der Waals surface area (Å²) in [6.45, 7) is 0. The normalized spacial score (nSPS) is 26.6. The number of halogens is 1. The maximum atomic E-state index is 6.16. The van der Waals surface area contributed by atoms with Crippen molar-refractivity contribution in [1.82, 2.24) is 9.97 Å². The molecule has 1 heterocycles. The molecule has 0 amide bonds. The average molecular weight is 263 g/mol. The molecule has 2 aliphatic rings. The van der Waals surface area contributed by atoms with E-state index in [-0.39, 0.29) is 12.1 Å². The molecule has 1 aromatic rings. The molecule has 0 saturated heterocycles. The van der Waals surface area contributed by atoms with Crippen molar-refractivity contribution in [3.8, 4) is 0 Å². The monoisotopic (exact) mass is 262 g/mol. The highest BCUT2D eigenvalue weighted by Gasteiger charge is 2.21. The minimum Gasteiger partial charge on any atom is -0.341 e. The second kappa shape index (κ2) is 4.39. The lowest BCUT2D eigenvalue weighted by Crippen LogP contribution is -2.23. The molecule has 3 rings (SSSR count). The first-order chi connectivity index (χ1) is 8.63. The number of nitrogens with two attached hydrogens (primary N) is 2. The van der Waals surface area contributed by atoms with Gasteiger partial charge in [0.2, 0.25) is 0 Å². The van der Waals surface area contributed by atoms with Crippen molar-refractivity contribution in [2.75, 3.05) is 0 Å². The topological polar surface area (TPSA) is 80.7 Å². The van der Waals surface area contributed by atoms with Crippen LogP contribution >= 0.6 is 11.6 Å². The molecule has 0 bridgehead atoms. The van der Waals surface area contributed by atoms with Gasteiger partial charge in [-0.05, 0) is 12.5 Å². The molecule has 0 radical (unpaired) electrons. The number of aromatic amines is 1. The fourth-order valence-electron chi connectivity index (χ4n) is 2.27. The van der Waals surface area contributed by atoms with Crippen molar-refractivity contribution in [2.24, 2.45) is 11.5 Å². The maximum Gasteiger partial charge on any atom is 0.137 e.